The normalized spacial score (nSPS) is 21.9. The van der Waals surface area contributed by atoms with Crippen molar-refractivity contribution in [2.75, 3.05) is 26.2 Å². The van der Waals surface area contributed by atoms with E-state index < -0.39 is 0 Å². The van der Waals surface area contributed by atoms with E-state index >= 15 is 0 Å². The first-order valence-corrected chi connectivity index (χ1v) is 7.94. The number of nitrogens with one attached hydrogen (secondary N) is 1. The van der Waals surface area contributed by atoms with Gasteiger partial charge in [-0.2, -0.15) is 0 Å². The first kappa shape index (κ1) is 16.2. The van der Waals surface area contributed by atoms with Crippen molar-refractivity contribution in [2.24, 2.45) is 5.92 Å². The van der Waals surface area contributed by atoms with Crippen molar-refractivity contribution in [3.8, 4) is 0 Å². The minimum atomic E-state index is -0.135. The summed E-state index contributed by atoms with van der Waals surface area (Å²) in [5.41, 5.74) is 1.14. The van der Waals surface area contributed by atoms with E-state index in [0.717, 1.165) is 36.2 Å². The van der Waals surface area contributed by atoms with Gasteiger partial charge in [-0.15, -0.1) is 12.4 Å². The monoisotopic (exact) mass is 362 g/mol. The second-order valence-corrected chi connectivity index (χ2v) is 6.54. The van der Waals surface area contributed by atoms with Crippen LogP contribution in [0.25, 0.3) is 0 Å². The predicted molar refractivity (Wildman–Crippen MR) is 85.9 cm³/mol. The Labute approximate surface area is 134 Å². The van der Waals surface area contributed by atoms with Crippen LogP contribution in [0.3, 0.4) is 0 Å². The third-order valence-electron chi connectivity index (χ3n) is 4.37. The smallest absolute Gasteiger partial charge is 0.124 e. The van der Waals surface area contributed by atoms with Gasteiger partial charge in [0.1, 0.15) is 5.82 Å². The Kier molecular flexibility index (Phi) is 5.84. The molecule has 0 bridgehead atoms. The van der Waals surface area contributed by atoms with Crippen molar-refractivity contribution >= 4 is 28.3 Å². The van der Waals surface area contributed by atoms with Gasteiger partial charge in [-0.25, -0.2) is 4.39 Å². The number of nitrogens with zero attached hydrogens (tertiary/aromatic N) is 1. The minimum absolute atomic E-state index is 0. The first-order chi connectivity index (χ1) is 9.24. The maximum absolute atomic E-state index is 13.7. The molecular formula is C15H21BrClFN2. The highest BCUT2D eigenvalue weighted by molar-refractivity contribution is 9.10. The second-order valence-electron chi connectivity index (χ2n) is 5.62. The number of hydrogen-bond donors (Lipinski definition) is 1. The average Bonchev–Trinajstić information content (AvgIpc) is 2.33. The van der Waals surface area contributed by atoms with E-state index in [0.29, 0.717) is 12.0 Å². The maximum Gasteiger partial charge on any atom is 0.124 e. The Bertz CT molecular complexity index is 427. The van der Waals surface area contributed by atoms with Crippen LogP contribution >= 0.6 is 28.3 Å². The molecule has 3 rings (SSSR count). The van der Waals surface area contributed by atoms with Crippen LogP contribution in [0.5, 0.6) is 0 Å². The SMILES string of the molecule is Cl.Fc1cc(Br)cc([C@H](C2CCC2)N2CCNCC2)c1. The molecule has 1 aliphatic carbocycles. The summed E-state index contributed by atoms with van der Waals surface area (Å²) in [5, 5.41) is 3.39. The summed E-state index contributed by atoms with van der Waals surface area (Å²) >= 11 is 3.42. The average molecular weight is 364 g/mol. The predicted octanol–water partition coefficient (Wildman–Crippen LogP) is 3.76. The highest BCUT2D eigenvalue weighted by atomic mass is 79.9. The molecule has 0 aromatic heterocycles. The van der Waals surface area contributed by atoms with Gasteiger partial charge in [0.25, 0.3) is 0 Å². The van der Waals surface area contributed by atoms with Gasteiger partial charge in [0, 0.05) is 36.7 Å². The van der Waals surface area contributed by atoms with Crippen molar-refractivity contribution in [2.45, 2.75) is 25.3 Å². The van der Waals surface area contributed by atoms with Crippen molar-refractivity contribution in [3.63, 3.8) is 0 Å². The molecule has 1 saturated heterocycles. The molecule has 1 aromatic carbocycles. The lowest BCUT2D eigenvalue weighted by Gasteiger charge is -2.43. The zero-order valence-electron chi connectivity index (χ0n) is 11.4. The van der Waals surface area contributed by atoms with Crippen molar-refractivity contribution in [1.82, 2.24) is 10.2 Å². The van der Waals surface area contributed by atoms with Gasteiger partial charge in [0.2, 0.25) is 0 Å². The highest BCUT2D eigenvalue weighted by Gasteiger charge is 2.33. The summed E-state index contributed by atoms with van der Waals surface area (Å²) in [5.74, 6) is 0.565. The van der Waals surface area contributed by atoms with E-state index in [-0.39, 0.29) is 18.2 Å². The fraction of sp³-hybridized carbons (Fsp3) is 0.600. The van der Waals surface area contributed by atoms with Crippen LogP contribution in [-0.4, -0.2) is 31.1 Å². The number of benzene rings is 1. The summed E-state index contributed by atoms with van der Waals surface area (Å²) < 4.78 is 14.5. The Balaban J connectivity index is 0.00000147. The van der Waals surface area contributed by atoms with E-state index in [1.165, 1.54) is 19.3 Å². The molecule has 1 heterocycles. The van der Waals surface area contributed by atoms with Gasteiger partial charge in [-0.05, 0) is 42.5 Å². The standard InChI is InChI=1S/C15H20BrFN2.ClH/c16-13-8-12(9-14(17)10-13)15(11-2-1-3-11)19-6-4-18-5-7-19;/h8-11,15,18H,1-7H2;1H/t15-;/m0./s1. The molecule has 1 N–H and O–H groups in total. The number of rotatable bonds is 3. The molecule has 1 aromatic rings. The van der Waals surface area contributed by atoms with Gasteiger partial charge in [0.05, 0.1) is 0 Å². The molecule has 20 heavy (non-hydrogen) atoms. The Morgan fingerprint density at radius 2 is 1.90 bits per heavy atom. The largest absolute Gasteiger partial charge is 0.314 e. The number of piperazine rings is 1. The Morgan fingerprint density at radius 3 is 2.45 bits per heavy atom. The molecule has 0 radical (unpaired) electrons. The third kappa shape index (κ3) is 3.53. The molecule has 5 heteroatoms. The number of halogens is 3. The van der Waals surface area contributed by atoms with Crippen LogP contribution in [0.1, 0.15) is 30.9 Å². The summed E-state index contributed by atoms with van der Waals surface area (Å²) in [6, 6.07) is 5.74. The maximum atomic E-state index is 13.7. The lowest BCUT2D eigenvalue weighted by atomic mass is 9.76. The van der Waals surface area contributed by atoms with Crippen LogP contribution in [0.4, 0.5) is 4.39 Å². The molecule has 0 unspecified atom stereocenters. The van der Waals surface area contributed by atoms with Crippen LogP contribution in [0.15, 0.2) is 22.7 Å². The molecular weight excluding hydrogens is 343 g/mol. The van der Waals surface area contributed by atoms with E-state index in [1.807, 2.05) is 0 Å². The van der Waals surface area contributed by atoms with E-state index in [9.17, 15) is 4.39 Å². The summed E-state index contributed by atoms with van der Waals surface area (Å²) in [4.78, 5) is 2.53. The lowest BCUT2D eigenvalue weighted by molar-refractivity contribution is 0.0835. The van der Waals surface area contributed by atoms with Crippen molar-refractivity contribution in [3.05, 3.63) is 34.1 Å². The summed E-state index contributed by atoms with van der Waals surface area (Å²) in [7, 11) is 0. The Morgan fingerprint density at radius 1 is 1.20 bits per heavy atom. The molecule has 1 saturated carbocycles. The minimum Gasteiger partial charge on any atom is -0.314 e. The molecule has 1 aliphatic heterocycles. The molecule has 112 valence electrons. The highest BCUT2D eigenvalue weighted by Crippen LogP contribution is 2.42. The third-order valence-corrected chi connectivity index (χ3v) is 4.83. The quantitative estimate of drug-likeness (QED) is 0.880. The summed E-state index contributed by atoms with van der Waals surface area (Å²) in [6.07, 6.45) is 3.88. The van der Waals surface area contributed by atoms with Crippen molar-refractivity contribution < 1.29 is 4.39 Å². The van der Waals surface area contributed by atoms with Crippen LogP contribution in [-0.2, 0) is 0 Å². The van der Waals surface area contributed by atoms with Gasteiger partial charge >= 0.3 is 0 Å². The molecule has 1 atom stereocenters. The first-order valence-electron chi connectivity index (χ1n) is 7.15. The zero-order valence-corrected chi connectivity index (χ0v) is 13.9. The fourth-order valence-corrected chi connectivity index (χ4v) is 3.73. The van der Waals surface area contributed by atoms with Gasteiger partial charge in [-0.3, -0.25) is 4.90 Å². The van der Waals surface area contributed by atoms with Crippen LogP contribution in [0, 0.1) is 11.7 Å². The molecule has 2 aliphatic rings. The second kappa shape index (κ2) is 7.21. The van der Waals surface area contributed by atoms with E-state index in [2.05, 4.69) is 32.2 Å². The van der Waals surface area contributed by atoms with E-state index in [1.54, 1.807) is 12.1 Å². The summed E-state index contributed by atoms with van der Waals surface area (Å²) in [6.45, 7) is 4.21. The Hall–Kier alpha value is -0.160. The van der Waals surface area contributed by atoms with Crippen LogP contribution in [0.2, 0.25) is 0 Å². The lowest BCUT2D eigenvalue weighted by Crippen LogP contribution is -2.47. The van der Waals surface area contributed by atoms with E-state index in [4.69, 9.17) is 0 Å². The van der Waals surface area contributed by atoms with Gasteiger partial charge in [-0.1, -0.05) is 22.4 Å². The topological polar surface area (TPSA) is 15.3 Å². The van der Waals surface area contributed by atoms with Gasteiger partial charge in [0.15, 0.2) is 0 Å². The number of hydrogen-bond acceptors (Lipinski definition) is 2. The van der Waals surface area contributed by atoms with Crippen molar-refractivity contribution in [1.29, 1.82) is 0 Å². The molecule has 0 spiro atoms. The molecule has 2 fully saturated rings. The van der Waals surface area contributed by atoms with Gasteiger partial charge < -0.3 is 5.32 Å². The fourth-order valence-electron chi connectivity index (χ4n) is 3.24. The molecule has 2 nitrogen and oxygen atoms in total. The zero-order chi connectivity index (χ0) is 13.2. The molecule has 0 amide bonds. The van der Waals surface area contributed by atoms with Crippen LogP contribution < -0.4 is 5.32 Å².